The van der Waals surface area contributed by atoms with E-state index in [2.05, 4.69) is 0 Å². The van der Waals surface area contributed by atoms with E-state index < -0.39 is 34.6 Å². The van der Waals surface area contributed by atoms with Gasteiger partial charge in [0, 0.05) is 12.8 Å². The number of fused-ring (bicyclic) bond motifs is 2. The van der Waals surface area contributed by atoms with Crippen molar-refractivity contribution in [3.05, 3.63) is 40.6 Å². The van der Waals surface area contributed by atoms with Crippen LogP contribution in [-0.2, 0) is 4.79 Å². The molecule has 0 spiro atoms. The molecule has 0 radical (unpaired) electrons. The molecular weight excluding hydrogens is 356 g/mol. The first-order valence-electron chi connectivity index (χ1n) is 8.75. The molecule has 0 bridgehead atoms. The molecule has 3 aliphatic heterocycles. The Bertz CT molecular complexity index is 823. The van der Waals surface area contributed by atoms with Crippen LogP contribution in [0.3, 0.4) is 0 Å². The number of hydrogen-bond acceptors (Lipinski definition) is 5. The van der Waals surface area contributed by atoms with E-state index in [1.807, 2.05) is 0 Å². The Hall–Kier alpha value is -2.98. The number of hydroxylamine groups is 2. The summed E-state index contributed by atoms with van der Waals surface area (Å²) in [6, 6.07) is 5.06. The van der Waals surface area contributed by atoms with Gasteiger partial charge in [0.15, 0.2) is 0 Å². The lowest BCUT2D eigenvalue weighted by atomic mass is 10.1. The summed E-state index contributed by atoms with van der Waals surface area (Å²) < 4.78 is -1.11. The molecule has 0 aromatic heterocycles. The molecular formula is C17H18N4O6. The SMILES string of the molecule is O=C1c2ccccc2C(=O)N1C1CC[N+]2([O-])CCCCN(C(=O)O)N2C1=O. The van der Waals surface area contributed by atoms with E-state index in [1.165, 1.54) is 12.1 Å². The monoisotopic (exact) mass is 374 g/mol. The molecule has 4 rings (SSSR count). The number of imide groups is 1. The highest BCUT2D eigenvalue weighted by molar-refractivity contribution is 6.22. The molecule has 1 aromatic rings. The van der Waals surface area contributed by atoms with Crippen molar-refractivity contribution >= 4 is 23.8 Å². The van der Waals surface area contributed by atoms with Crippen LogP contribution in [0.15, 0.2) is 24.3 Å². The second-order valence-electron chi connectivity index (χ2n) is 6.86. The quantitative estimate of drug-likeness (QED) is 0.441. The van der Waals surface area contributed by atoms with Gasteiger partial charge in [-0.1, -0.05) is 17.3 Å². The molecule has 2 atom stereocenters. The molecule has 10 nitrogen and oxygen atoms in total. The molecule has 142 valence electrons. The highest BCUT2D eigenvalue weighted by Crippen LogP contribution is 2.33. The van der Waals surface area contributed by atoms with Gasteiger partial charge in [-0.05, 0) is 18.6 Å². The minimum absolute atomic E-state index is 0.00222. The number of carbonyl (C=O) groups excluding carboxylic acids is 3. The van der Waals surface area contributed by atoms with Gasteiger partial charge >= 0.3 is 12.0 Å². The van der Waals surface area contributed by atoms with Crippen LogP contribution in [0, 0.1) is 5.21 Å². The first-order chi connectivity index (χ1) is 12.8. The van der Waals surface area contributed by atoms with Crippen LogP contribution in [0.4, 0.5) is 4.79 Å². The zero-order valence-electron chi connectivity index (χ0n) is 14.4. The van der Waals surface area contributed by atoms with Gasteiger partial charge < -0.3 is 10.3 Å². The number of quaternary nitrogens is 1. The third kappa shape index (κ3) is 2.48. The third-order valence-corrected chi connectivity index (χ3v) is 5.29. The fourth-order valence-electron chi connectivity index (χ4n) is 4.00. The van der Waals surface area contributed by atoms with Crippen molar-refractivity contribution in [1.29, 1.82) is 0 Å². The summed E-state index contributed by atoms with van der Waals surface area (Å²) >= 11 is 0. The normalized spacial score (nSPS) is 28.1. The van der Waals surface area contributed by atoms with Gasteiger partial charge in [0.05, 0.1) is 17.7 Å². The van der Waals surface area contributed by atoms with Gasteiger partial charge in [-0.2, -0.15) is 5.01 Å². The lowest BCUT2D eigenvalue weighted by molar-refractivity contribution is -1.00. The van der Waals surface area contributed by atoms with Gasteiger partial charge in [0.2, 0.25) is 0 Å². The Balaban J connectivity index is 1.71. The summed E-state index contributed by atoms with van der Waals surface area (Å²) in [6.07, 6.45) is -0.478. The van der Waals surface area contributed by atoms with Crippen LogP contribution < -0.4 is 0 Å². The van der Waals surface area contributed by atoms with Crippen molar-refractivity contribution in [1.82, 2.24) is 15.0 Å². The van der Waals surface area contributed by atoms with Crippen molar-refractivity contribution < 1.29 is 29.0 Å². The Labute approximate surface area is 154 Å². The average Bonchev–Trinajstić information content (AvgIpc) is 2.79. The number of benzene rings is 1. The van der Waals surface area contributed by atoms with E-state index in [0.717, 1.165) is 4.90 Å². The summed E-state index contributed by atoms with van der Waals surface area (Å²) in [7, 11) is 0. The van der Waals surface area contributed by atoms with E-state index in [-0.39, 0.29) is 37.2 Å². The number of amides is 4. The third-order valence-electron chi connectivity index (χ3n) is 5.29. The minimum Gasteiger partial charge on any atom is -0.605 e. The van der Waals surface area contributed by atoms with Crippen LogP contribution in [-0.4, -0.2) is 74.4 Å². The number of rotatable bonds is 1. The first-order valence-corrected chi connectivity index (χ1v) is 8.75. The maximum atomic E-state index is 13.1. The van der Waals surface area contributed by atoms with Crippen LogP contribution in [0.2, 0.25) is 0 Å². The fraction of sp³-hybridized carbons (Fsp3) is 0.412. The van der Waals surface area contributed by atoms with E-state index in [0.29, 0.717) is 23.0 Å². The van der Waals surface area contributed by atoms with Gasteiger partial charge in [-0.25, -0.2) is 9.55 Å². The molecule has 4 amide bonds. The highest BCUT2D eigenvalue weighted by atomic mass is 16.6. The fourth-order valence-corrected chi connectivity index (χ4v) is 4.00. The van der Waals surface area contributed by atoms with Crippen molar-refractivity contribution in [2.75, 3.05) is 19.6 Å². The Morgan fingerprint density at radius 2 is 1.70 bits per heavy atom. The number of carbonyl (C=O) groups is 4. The van der Waals surface area contributed by atoms with Gasteiger partial charge in [0.1, 0.15) is 19.1 Å². The number of carboxylic acid groups (broad SMARTS) is 1. The Morgan fingerprint density at radius 3 is 2.30 bits per heavy atom. The van der Waals surface area contributed by atoms with Crippen molar-refractivity contribution in [3.8, 4) is 0 Å². The molecule has 3 aliphatic rings. The van der Waals surface area contributed by atoms with Gasteiger partial charge in [-0.15, -0.1) is 0 Å². The molecule has 2 saturated heterocycles. The van der Waals surface area contributed by atoms with E-state index in [1.54, 1.807) is 12.1 Å². The number of hydrogen-bond donors (Lipinski definition) is 1. The second kappa shape index (κ2) is 6.03. The van der Waals surface area contributed by atoms with Crippen LogP contribution in [0.25, 0.3) is 0 Å². The Kier molecular flexibility index (Phi) is 3.89. The average molecular weight is 374 g/mol. The summed E-state index contributed by atoms with van der Waals surface area (Å²) in [5.41, 5.74) is 0.407. The van der Waals surface area contributed by atoms with E-state index >= 15 is 0 Å². The Morgan fingerprint density at radius 1 is 1.07 bits per heavy atom. The summed E-state index contributed by atoms with van der Waals surface area (Å²) in [4.78, 5) is 51.0. The highest BCUT2D eigenvalue weighted by Gasteiger charge is 2.53. The van der Waals surface area contributed by atoms with E-state index in [4.69, 9.17) is 0 Å². The molecule has 3 heterocycles. The predicted octanol–water partition coefficient (Wildman–Crippen LogP) is 0.802. The lowest BCUT2D eigenvalue weighted by Gasteiger charge is -2.53. The largest absolute Gasteiger partial charge is 0.605 e. The van der Waals surface area contributed by atoms with Crippen molar-refractivity contribution in [2.24, 2.45) is 0 Å². The van der Waals surface area contributed by atoms with Crippen LogP contribution >= 0.6 is 0 Å². The van der Waals surface area contributed by atoms with Gasteiger partial charge in [0.25, 0.3) is 11.8 Å². The minimum atomic E-state index is -1.41. The molecule has 2 unspecified atom stereocenters. The molecule has 1 aromatic carbocycles. The topological polar surface area (TPSA) is 121 Å². The number of hydrazine groups is 1. The zero-order valence-corrected chi connectivity index (χ0v) is 14.4. The summed E-state index contributed by atoms with van der Waals surface area (Å²) in [6.45, 7) is -0.00387. The first kappa shape index (κ1) is 17.4. The van der Waals surface area contributed by atoms with Crippen molar-refractivity contribution in [2.45, 2.75) is 25.3 Å². The maximum absolute atomic E-state index is 13.1. The maximum Gasteiger partial charge on any atom is 0.430 e. The lowest BCUT2D eigenvalue weighted by Crippen LogP contribution is -2.72. The smallest absolute Gasteiger partial charge is 0.430 e. The molecule has 0 aliphatic carbocycles. The van der Waals surface area contributed by atoms with Gasteiger partial charge in [-0.3, -0.25) is 19.3 Å². The van der Waals surface area contributed by atoms with Crippen molar-refractivity contribution in [3.63, 3.8) is 0 Å². The molecule has 0 saturated carbocycles. The zero-order chi connectivity index (χ0) is 19.3. The van der Waals surface area contributed by atoms with Crippen LogP contribution in [0.1, 0.15) is 40.0 Å². The molecule has 27 heavy (non-hydrogen) atoms. The second-order valence-corrected chi connectivity index (χ2v) is 6.86. The molecule has 1 N–H and O–H groups in total. The standard InChI is InChI=1S/C17H18N4O6/c22-14-11-5-1-2-6-12(11)15(23)19(14)13-7-10-21(27)9-4-3-8-18(17(25)26)20(21)16(13)24/h1-2,5-6,13H,3-4,7-10H2,(H,25,26). The van der Waals surface area contributed by atoms with E-state index in [9.17, 15) is 29.5 Å². The number of nitrogens with zero attached hydrogens (tertiary/aromatic N) is 4. The summed E-state index contributed by atoms with van der Waals surface area (Å²) in [5, 5.41) is 24.0. The molecule has 10 heteroatoms. The van der Waals surface area contributed by atoms with Crippen LogP contribution in [0.5, 0.6) is 0 Å². The summed E-state index contributed by atoms with van der Waals surface area (Å²) in [5.74, 6) is -2.04. The molecule has 2 fully saturated rings. The predicted molar refractivity (Wildman–Crippen MR) is 89.5 cm³/mol.